The van der Waals surface area contributed by atoms with Crippen LogP contribution in [0.1, 0.15) is 150 Å². The zero-order valence-electron chi connectivity index (χ0n) is 37.6. The first-order chi connectivity index (χ1) is 30.0. The Morgan fingerprint density at radius 2 is 0.919 bits per heavy atom. The van der Waals surface area contributed by atoms with Crippen LogP contribution in [0.3, 0.4) is 0 Å². The number of halogens is 2. The van der Waals surface area contributed by atoms with E-state index in [1.165, 1.54) is 153 Å². The van der Waals surface area contributed by atoms with Gasteiger partial charge in [0.1, 0.15) is 0 Å². The first-order valence-electron chi connectivity index (χ1n) is 25.4. The van der Waals surface area contributed by atoms with Gasteiger partial charge in [0.05, 0.1) is 0 Å². The third-order valence-electron chi connectivity index (χ3n) is 20.1. The van der Waals surface area contributed by atoms with E-state index in [-0.39, 0.29) is 7.25 Å². The number of allylic oxidation sites excluding steroid dienone is 2. The Balaban J connectivity index is 0.877. The summed E-state index contributed by atoms with van der Waals surface area (Å²) in [6.07, 6.45) is 27.8. The van der Waals surface area contributed by atoms with Crippen LogP contribution in [0.4, 0.5) is 0 Å². The summed E-state index contributed by atoms with van der Waals surface area (Å²) in [6, 6.07) is 34.4. The summed E-state index contributed by atoms with van der Waals surface area (Å²) in [5.41, 5.74) is 18.2. The number of benzene rings is 4. The predicted molar refractivity (Wildman–Crippen MR) is 263 cm³/mol. The molecule has 4 aromatic carbocycles. The number of hydrogen-bond donors (Lipinski definition) is 0. The standard InChI is InChI=1S/C30H33.C26H27.C2H7Si.2ClH.Zr/c1-2-5-23(4-1)26-15-25-6-3-7-28(29(25)16-26)24-8-10-27(11-9-24)30-17-20-12-21(18-30)14-22(13-20)19-30;1-17-9-22-3-2-4-24(25(22)10-17)21-5-7-23(8-6-21)26-14-18-11-19(15-26)13-20(12-18)16-26;1-3-2;;;/h3,6-11,15-16,20-23H,1-2,4-5,12-14,17-19H2;2-10,18-20H,11-16H2,1H3;3H,1-2H3;2*1H;/q;;;;;+2/p-2. The fourth-order valence-electron chi connectivity index (χ4n) is 18.2. The van der Waals surface area contributed by atoms with Crippen LogP contribution < -0.4 is 0 Å². The summed E-state index contributed by atoms with van der Waals surface area (Å²) in [6.45, 7) is 7.44. The molecule has 0 saturated heterocycles. The molecule has 0 heterocycles. The maximum absolute atomic E-state index is 8.96. The van der Waals surface area contributed by atoms with Crippen molar-refractivity contribution >= 4 is 35.1 Å². The van der Waals surface area contributed by atoms with Crippen molar-refractivity contribution in [1.82, 2.24) is 0 Å². The topological polar surface area (TPSA) is 0 Å². The molecule has 9 fully saturated rings. The van der Waals surface area contributed by atoms with Crippen LogP contribution in [-0.2, 0) is 26.4 Å². The molecule has 0 aliphatic heterocycles. The SMILES string of the molecule is CC1=Cc2c(-c3ccc(C45CC6CC(CC(C6)C4)C5)cc3)cccc2[CH]1[Zr]([Cl])([Cl])([CH]1C(C2CCCC2)=Cc2c(-c3ccc(C45CC6CC(CC(C6)C4)C5)cc3)cccc21)[SiH](C)C. The van der Waals surface area contributed by atoms with Gasteiger partial charge in [-0.05, 0) is 0 Å². The molecule has 0 N–H and O–H groups in total. The normalized spacial score (nSPS) is 35.9. The van der Waals surface area contributed by atoms with Crippen LogP contribution in [0.15, 0.2) is 96.1 Å². The van der Waals surface area contributed by atoms with E-state index >= 15 is 0 Å². The van der Waals surface area contributed by atoms with Gasteiger partial charge in [-0.25, -0.2) is 0 Å². The molecular weight excluding hydrogens is 887 g/mol. The summed E-state index contributed by atoms with van der Waals surface area (Å²) in [4.78, 5) is 0. The average molecular weight is 954 g/mol. The van der Waals surface area contributed by atoms with Crippen molar-refractivity contribution in [2.45, 2.75) is 141 Å². The second-order valence-electron chi connectivity index (χ2n) is 23.9. The van der Waals surface area contributed by atoms with E-state index in [0.29, 0.717) is 16.7 Å². The van der Waals surface area contributed by atoms with Gasteiger partial charge in [-0.15, -0.1) is 0 Å². The van der Waals surface area contributed by atoms with Gasteiger partial charge < -0.3 is 0 Å². The molecule has 4 heteroatoms. The zero-order chi connectivity index (χ0) is 41.8. The van der Waals surface area contributed by atoms with Crippen molar-refractivity contribution in [3.63, 3.8) is 0 Å². The van der Waals surface area contributed by atoms with Gasteiger partial charge in [-0.1, -0.05) is 0 Å². The fourth-order valence-corrected chi connectivity index (χ4v) is 50.2. The Labute approximate surface area is 381 Å². The van der Waals surface area contributed by atoms with E-state index in [1.807, 2.05) is 0 Å². The summed E-state index contributed by atoms with van der Waals surface area (Å²) < 4.78 is 0.273. The number of hydrogen-bond acceptors (Lipinski definition) is 0. The third-order valence-corrected chi connectivity index (χ3v) is 72.1. The molecule has 2 unspecified atom stereocenters. The number of fused-ring (bicyclic) bond motifs is 2. The summed E-state index contributed by atoms with van der Waals surface area (Å²) in [5, 5.41) is 0. The fraction of sp³-hybridized carbons (Fsp3) is 0.517. The minimum atomic E-state index is -4.90. The molecule has 9 saturated carbocycles. The van der Waals surface area contributed by atoms with Gasteiger partial charge in [-0.2, -0.15) is 0 Å². The first-order valence-corrected chi connectivity index (χ1v) is 41.7. The molecule has 0 amide bonds. The van der Waals surface area contributed by atoms with Crippen LogP contribution in [0.25, 0.3) is 34.4 Å². The van der Waals surface area contributed by atoms with Crippen LogP contribution in [0.5, 0.6) is 0 Å². The molecule has 11 aliphatic rings. The molecule has 0 spiro atoms. The van der Waals surface area contributed by atoms with Crippen LogP contribution in [0, 0.1) is 41.4 Å². The van der Waals surface area contributed by atoms with Gasteiger partial charge in [-0.3, -0.25) is 0 Å². The maximum atomic E-state index is 8.96. The van der Waals surface area contributed by atoms with Gasteiger partial charge in [0.25, 0.3) is 0 Å². The molecule has 0 radical (unpaired) electrons. The van der Waals surface area contributed by atoms with E-state index in [2.05, 4.69) is 117 Å². The van der Waals surface area contributed by atoms with Gasteiger partial charge >= 0.3 is 385 Å². The molecule has 11 aliphatic carbocycles. The molecular formula is C58H67Cl2SiZr. The summed E-state index contributed by atoms with van der Waals surface area (Å²) in [7, 11) is 17.9. The van der Waals surface area contributed by atoms with Crippen molar-refractivity contribution in [2.24, 2.45) is 41.4 Å². The van der Waals surface area contributed by atoms with E-state index in [4.69, 9.17) is 17.0 Å². The van der Waals surface area contributed by atoms with Crippen molar-refractivity contribution in [3.05, 3.63) is 129 Å². The molecule has 321 valence electrons. The first kappa shape index (κ1) is 40.3. The Morgan fingerprint density at radius 3 is 1.34 bits per heavy atom. The Bertz CT molecular complexity index is 2460. The Morgan fingerprint density at radius 1 is 0.516 bits per heavy atom. The molecule has 62 heavy (non-hydrogen) atoms. The third kappa shape index (κ3) is 5.89. The van der Waals surface area contributed by atoms with Crippen molar-refractivity contribution in [1.29, 1.82) is 0 Å². The summed E-state index contributed by atoms with van der Waals surface area (Å²) >= 11 is -4.90. The second kappa shape index (κ2) is 14.3. The summed E-state index contributed by atoms with van der Waals surface area (Å²) in [5.74, 6) is 4.68. The quantitative estimate of drug-likeness (QED) is 0.154. The molecule has 15 rings (SSSR count). The monoisotopic (exact) mass is 951 g/mol. The van der Waals surface area contributed by atoms with Gasteiger partial charge in [0, 0.05) is 0 Å². The molecule has 2 atom stereocenters. The Hall–Kier alpha value is -1.96. The van der Waals surface area contributed by atoms with Crippen LogP contribution >= 0.6 is 17.0 Å². The van der Waals surface area contributed by atoms with E-state index < -0.39 is 21.5 Å². The molecule has 0 nitrogen and oxygen atoms in total. The minimum absolute atomic E-state index is 0.122. The molecule has 4 aromatic rings. The van der Waals surface area contributed by atoms with Gasteiger partial charge in [0.2, 0.25) is 0 Å². The average Bonchev–Trinajstić information content (AvgIpc) is 4.01. The zero-order valence-corrected chi connectivity index (χ0v) is 42.7. The van der Waals surface area contributed by atoms with Crippen LogP contribution in [0.2, 0.25) is 13.1 Å². The van der Waals surface area contributed by atoms with Crippen LogP contribution in [-0.4, -0.2) is 5.92 Å². The molecule has 0 aromatic heterocycles. The molecule has 8 bridgehead atoms. The van der Waals surface area contributed by atoms with E-state index in [0.717, 1.165) is 35.5 Å². The number of rotatable bonds is 8. The van der Waals surface area contributed by atoms with Crippen molar-refractivity contribution in [2.75, 3.05) is 0 Å². The van der Waals surface area contributed by atoms with Crippen molar-refractivity contribution in [3.8, 4) is 22.3 Å². The second-order valence-corrected chi connectivity index (χ2v) is 66.4. The van der Waals surface area contributed by atoms with Crippen molar-refractivity contribution < 1.29 is 15.6 Å². The van der Waals surface area contributed by atoms with E-state index in [1.54, 1.807) is 16.7 Å². The van der Waals surface area contributed by atoms with Gasteiger partial charge in [0.15, 0.2) is 0 Å². The predicted octanol–water partition coefficient (Wildman–Crippen LogP) is 16.7. The van der Waals surface area contributed by atoms with E-state index in [9.17, 15) is 0 Å². The Kier molecular flexibility index (Phi) is 9.28.